The number of hydrogen-bond acceptors (Lipinski definition) is 0. The van der Waals surface area contributed by atoms with Crippen LogP contribution in [0.4, 0.5) is 0 Å². The third kappa shape index (κ3) is 12.1. The topological polar surface area (TPSA) is 0 Å². The van der Waals surface area contributed by atoms with Crippen LogP contribution in [0.25, 0.3) is 197 Å². The molecule has 0 heterocycles. The van der Waals surface area contributed by atoms with Gasteiger partial charge in [-0.1, -0.05) is 413 Å². The summed E-state index contributed by atoms with van der Waals surface area (Å²) in [5, 5.41) is 23.0. The van der Waals surface area contributed by atoms with E-state index in [0.717, 1.165) is 0 Å². The number of rotatable bonds is 9. The van der Waals surface area contributed by atoms with Gasteiger partial charge in [0.1, 0.15) is 0 Å². The molecule has 0 atom stereocenters. The van der Waals surface area contributed by atoms with Gasteiger partial charge in [0.15, 0.2) is 0 Å². The normalized spacial score (nSPS) is 11.3. The Labute approximate surface area is 629 Å². The molecule has 0 bridgehead atoms. The molecule has 0 nitrogen and oxygen atoms in total. The van der Waals surface area contributed by atoms with E-state index >= 15 is 0 Å². The molecular weight excluding hydrogens is 1300 g/mol. The minimum Gasteiger partial charge on any atom is -0.0622 e. The molecule has 0 spiro atoms. The molecule has 0 aliphatic carbocycles. The molecule has 21 aromatic carbocycles. The average Bonchev–Trinajstić information content (AvgIpc) is 0.740. The predicted molar refractivity (Wildman–Crippen MR) is 466 cm³/mol. The molecule has 0 amide bonds. The fraction of sp³-hybridized carbons (Fsp3) is 0. The molecular formula is C108H72. The molecule has 21 rings (SSSR count). The third-order valence-corrected chi connectivity index (χ3v) is 21.7. The molecule has 0 radical (unpaired) electrons. The van der Waals surface area contributed by atoms with E-state index in [0.29, 0.717) is 0 Å². The lowest BCUT2D eigenvalue weighted by Crippen LogP contribution is -1.92. The van der Waals surface area contributed by atoms with Crippen LogP contribution in [0.15, 0.2) is 437 Å². The summed E-state index contributed by atoms with van der Waals surface area (Å²) in [6.07, 6.45) is 0. The maximum absolute atomic E-state index is 2.33. The zero-order valence-electron chi connectivity index (χ0n) is 59.6. The van der Waals surface area contributed by atoms with Crippen molar-refractivity contribution < 1.29 is 0 Å². The Morgan fingerprint density at radius 3 is 0.657 bits per heavy atom. The van der Waals surface area contributed by atoms with Crippen LogP contribution in [-0.2, 0) is 0 Å². The highest BCUT2D eigenvalue weighted by Gasteiger charge is 2.22. The average molecular weight is 1370 g/mol. The number of hydrogen-bond donors (Lipinski definition) is 0. The first-order valence-corrected chi connectivity index (χ1v) is 37.4. The van der Waals surface area contributed by atoms with Gasteiger partial charge >= 0.3 is 0 Å². The highest BCUT2D eigenvalue weighted by atomic mass is 14.3. The van der Waals surface area contributed by atoms with Crippen LogP contribution in [0.1, 0.15) is 0 Å². The molecule has 21 aromatic rings. The zero-order chi connectivity index (χ0) is 71.7. The summed E-state index contributed by atoms with van der Waals surface area (Å²) in [5.74, 6) is 0. The van der Waals surface area contributed by atoms with E-state index in [9.17, 15) is 0 Å². The van der Waals surface area contributed by atoms with E-state index in [-0.39, 0.29) is 0 Å². The third-order valence-electron chi connectivity index (χ3n) is 21.7. The zero-order valence-corrected chi connectivity index (χ0v) is 59.6. The van der Waals surface area contributed by atoms with Crippen LogP contribution < -0.4 is 0 Å². The Bertz CT molecular complexity index is 6780. The minimum absolute atomic E-state index is 1.24. The van der Waals surface area contributed by atoms with Crippen molar-refractivity contribution in [3.63, 3.8) is 0 Å². The van der Waals surface area contributed by atoms with E-state index in [2.05, 4.69) is 437 Å². The molecule has 0 aliphatic heterocycles. The van der Waals surface area contributed by atoms with Crippen LogP contribution >= 0.6 is 0 Å². The monoisotopic (exact) mass is 1370 g/mol. The van der Waals surface area contributed by atoms with Crippen LogP contribution in [0, 0.1) is 0 Å². The van der Waals surface area contributed by atoms with Gasteiger partial charge in [-0.25, -0.2) is 0 Å². The van der Waals surface area contributed by atoms with E-state index in [1.165, 1.54) is 197 Å². The molecule has 0 unspecified atom stereocenters. The molecule has 504 valence electrons. The first kappa shape index (κ1) is 64.8. The summed E-state index contributed by atoms with van der Waals surface area (Å²) in [6.45, 7) is 0. The standard InChI is InChI=1S/3C36H24/c1-2-11-25(12-3-1)28-15-10-16-29(23-28)35-31-17-6-8-19-33(31)36(34-20-9-7-18-32(34)35)30-22-21-26-13-4-5-14-27(26)24-30;1-2-10-25(11-3-1)27-18-21-28(22-19-27)35-31-14-6-8-16-33(31)36(34-17-9-7-15-32(34)35)30-23-20-26-12-4-5-13-29(26)24-30;1-2-13-26(14-3-1)29-16-6-7-17-30(29)36-33-20-10-8-18-31(33)35(32-19-9-11-21-34(32)36)28-23-22-25-12-4-5-15-27(25)24-28/h3*1-24H. The van der Waals surface area contributed by atoms with Gasteiger partial charge in [0.05, 0.1) is 0 Å². The molecule has 0 fully saturated rings. The van der Waals surface area contributed by atoms with E-state index in [1.807, 2.05) is 0 Å². The van der Waals surface area contributed by atoms with E-state index < -0.39 is 0 Å². The van der Waals surface area contributed by atoms with Crippen molar-refractivity contribution in [2.24, 2.45) is 0 Å². The van der Waals surface area contributed by atoms with Gasteiger partial charge in [-0.15, -0.1) is 0 Å². The first-order chi connectivity index (χ1) is 53.6. The van der Waals surface area contributed by atoms with Gasteiger partial charge < -0.3 is 0 Å². The van der Waals surface area contributed by atoms with Gasteiger partial charge in [-0.05, 0) is 221 Å². The Balaban J connectivity index is 0.000000110. The highest BCUT2D eigenvalue weighted by Crippen LogP contribution is 2.49. The van der Waals surface area contributed by atoms with Crippen LogP contribution in [-0.4, -0.2) is 0 Å². The lowest BCUT2D eigenvalue weighted by molar-refractivity contribution is 1.61. The van der Waals surface area contributed by atoms with Crippen molar-refractivity contribution in [1.29, 1.82) is 0 Å². The van der Waals surface area contributed by atoms with Gasteiger partial charge in [0, 0.05) is 0 Å². The lowest BCUT2D eigenvalue weighted by atomic mass is 9.83. The van der Waals surface area contributed by atoms with Crippen molar-refractivity contribution in [3.05, 3.63) is 437 Å². The second kappa shape index (κ2) is 28.5. The summed E-state index contributed by atoms with van der Waals surface area (Å²) in [7, 11) is 0. The largest absolute Gasteiger partial charge is 0.0622 e. The number of benzene rings is 21. The Morgan fingerprint density at radius 1 is 0.0926 bits per heavy atom. The fourth-order valence-corrected chi connectivity index (χ4v) is 16.8. The Hall–Kier alpha value is -14.0. The van der Waals surface area contributed by atoms with Crippen molar-refractivity contribution >= 4 is 97.0 Å². The Kier molecular flexibility index (Phi) is 17.1. The summed E-state index contributed by atoms with van der Waals surface area (Å²) < 4.78 is 0. The fourth-order valence-electron chi connectivity index (χ4n) is 16.8. The van der Waals surface area contributed by atoms with Crippen LogP contribution in [0.5, 0.6) is 0 Å². The smallest absolute Gasteiger partial charge is 0.00201 e. The summed E-state index contributed by atoms with van der Waals surface area (Å²) >= 11 is 0. The molecule has 0 N–H and O–H groups in total. The molecule has 0 saturated carbocycles. The van der Waals surface area contributed by atoms with Gasteiger partial charge in [0.25, 0.3) is 0 Å². The van der Waals surface area contributed by atoms with Crippen LogP contribution in [0.2, 0.25) is 0 Å². The summed E-state index contributed by atoms with van der Waals surface area (Å²) in [4.78, 5) is 0. The molecule has 0 saturated heterocycles. The SMILES string of the molecule is c1ccc(-c2ccc(-c3c4ccccc4c(-c4ccc5ccccc5c4)c4ccccc34)cc2)cc1.c1ccc(-c2cccc(-c3c4ccccc4c(-c4ccc5ccccc5c4)c4ccccc34)c2)cc1.c1ccc(-c2ccccc2-c2c3ccccc3c(-c3ccc4ccccc4c3)c3ccccc23)cc1. The molecule has 108 heavy (non-hydrogen) atoms. The van der Waals surface area contributed by atoms with E-state index in [4.69, 9.17) is 0 Å². The minimum atomic E-state index is 1.24. The molecule has 0 aromatic heterocycles. The van der Waals surface area contributed by atoms with Crippen molar-refractivity contribution in [1.82, 2.24) is 0 Å². The maximum atomic E-state index is 2.33. The van der Waals surface area contributed by atoms with Crippen molar-refractivity contribution in [2.45, 2.75) is 0 Å². The highest BCUT2D eigenvalue weighted by molar-refractivity contribution is 6.25. The van der Waals surface area contributed by atoms with Gasteiger partial charge in [-0.2, -0.15) is 0 Å². The van der Waals surface area contributed by atoms with Crippen LogP contribution in [0.3, 0.4) is 0 Å². The van der Waals surface area contributed by atoms with Crippen molar-refractivity contribution in [2.75, 3.05) is 0 Å². The van der Waals surface area contributed by atoms with Crippen molar-refractivity contribution in [3.8, 4) is 100 Å². The summed E-state index contributed by atoms with van der Waals surface area (Å²) in [6, 6.07) is 158. The van der Waals surface area contributed by atoms with Gasteiger partial charge in [0.2, 0.25) is 0 Å². The quantitative estimate of drug-likeness (QED) is 0.126. The molecule has 0 heteroatoms. The number of fused-ring (bicyclic) bond motifs is 9. The molecule has 0 aliphatic rings. The van der Waals surface area contributed by atoms with E-state index in [1.54, 1.807) is 0 Å². The Morgan fingerprint density at radius 2 is 0.306 bits per heavy atom. The summed E-state index contributed by atoms with van der Waals surface area (Å²) in [5.41, 5.74) is 22.8. The van der Waals surface area contributed by atoms with Gasteiger partial charge in [-0.3, -0.25) is 0 Å². The first-order valence-electron chi connectivity index (χ1n) is 37.4. The maximum Gasteiger partial charge on any atom is -0.00201 e. The second-order valence-corrected chi connectivity index (χ2v) is 28.0. The lowest BCUT2D eigenvalue weighted by Gasteiger charge is -2.20. The second-order valence-electron chi connectivity index (χ2n) is 28.0. The predicted octanol–water partition coefficient (Wildman–Crippen LogP) is 30.4.